The molecule has 1 aromatic rings. The number of ether oxygens (including phenoxy) is 1. The summed E-state index contributed by atoms with van der Waals surface area (Å²) in [7, 11) is 0. The van der Waals surface area contributed by atoms with Crippen molar-refractivity contribution in [2.24, 2.45) is 0 Å². The van der Waals surface area contributed by atoms with Gasteiger partial charge in [0.25, 0.3) is 0 Å². The lowest BCUT2D eigenvalue weighted by Gasteiger charge is -2.41. The summed E-state index contributed by atoms with van der Waals surface area (Å²) in [6, 6.07) is 7.85. The van der Waals surface area contributed by atoms with Crippen LogP contribution in [0.4, 0.5) is 10.5 Å². The standard InChI is InChI=1S/C12H12ClNO2/c1-12-7-16-11(15)14(12)9-5-3-2-4-8(9)6-10(12)13/h2-5,10H,6-7H2,1H3/t10-,12-/m1/s1. The first-order valence-corrected chi connectivity index (χ1v) is 5.75. The number of anilines is 1. The van der Waals surface area contributed by atoms with E-state index in [1.807, 2.05) is 31.2 Å². The van der Waals surface area contributed by atoms with E-state index in [9.17, 15) is 4.79 Å². The number of halogens is 1. The molecule has 1 aromatic carbocycles. The van der Waals surface area contributed by atoms with Crippen molar-refractivity contribution in [3.05, 3.63) is 29.8 Å². The largest absolute Gasteiger partial charge is 0.447 e. The highest BCUT2D eigenvalue weighted by Crippen LogP contribution is 2.42. The Bertz CT molecular complexity index is 462. The molecule has 2 atom stereocenters. The van der Waals surface area contributed by atoms with Crippen molar-refractivity contribution in [2.75, 3.05) is 11.5 Å². The zero-order valence-corrected chi connectivity index (χ0v) is 9.70. The summed E-state index contributed by atoms with van der Waals surface area (Å²) < 4.78 is 5.13. The SMILES string of the molecule is C[C@]12COC(=O)N1c1ccccc1C[C@H]2Cl. The molecule has 3 rings (SSSR count). The molecule has 0 saturated carbocycles. The molecule has 0 spiro atoms. The normalized spacial score (nSPS) is 32.0. The van der Waals surface area contributed by atoms with Gasteiger partial charge in [-0.3, -0.25) is 4.90 Å². The lowest BCUT2D eigenvalue weighted by atomic mass is 9.86. The molecule has 84 valence electrons. The van der Waals surface area contributed by atoms with Gasteiger partial charge in [0.15, 0.2) is 0 Å². The van der Waals surface area contributed by atoms with Gasteiger partial charge in [0.05, 0.1) is 16.6 Å². The van der Waals surface area contributed by atoms with Crippen LogP contribution < -0.4 is 4.90 Å². The number of carbonyl (C=O) groups excluding carboxylic acids is 1. The molecule has 16 heavy (non-hydrogen) atoms. The van der Waals surface area contributed by atoms with E-state index in [1.54, 1.807) is 4.90 Å². The highest BCUT2D eigenvalue weighted by atomic mass is 35.5. The van der Waals surface area contributed by atoms with Gasteiger partial charge in [-0.15, -0.1) is 11.6 Å². The van der Waals surface area contributed by atoms with E-state index < -0.39 is 5.54 Å². The summed E-state index contributed by atoms with van der Waals surface area (Å²) in [5, 5.41) is -0.103. The van der Waals surface area contributed by atoms with Crippen molar-refractivity contribution in [1.29, 1.82) is 0 Å². The Balaban J connectivity index is 2.19. The Morgan fingerprint density at radius 3 is 3.06 bits per heavy atom. The highest BCUT2D eigenvalue weighted by molar-refractivity contribution is 6.23. The van der Waals surface area contributed by atoms with E-state index in [4.69, 9.17) is 16.3 Å². The molecule has 0 unspecified atom stereocenters. The highest BCUT2D eigenvalue weighted by Gasteiger charge is 2.52. The molecule has 0 bridgehead atoms. The lowest BCUT2D eigenvalue weighted by Crippen LogP contribution is -2.55. The van der Waals surface area contributed by atoms with E-state index in [1.165, 1.54) is 0 Å². The van der Waals surface area contributed by atoms with Crippen molar-refractivity contribution in [3.8, 4) is 0 Å². The Morgan fingerprint density at radius 2 is 2.25 bits per heavy atom. The maximum Gasteiger partial charge on any atom is 0.415 e. The van der Waals surface area contributed by atoms with Crippen LogP contribution in [0.15, 0.2) is 24.3 Å². The second-order valence-corrected chi connectivity index (χ2v) is 5.07. The number of rotatable bonds is 0. The molecule has 0 radical (unpaired) electrons. The molecular formula is C12H12ClNO2. The Hall–Kier alpha value is -1.22. The summed E-state index contributed by atoms with van der Waals surface area (Å²) in [6.07, 6.45) is 0.488. The fraction of sp³-hybridized carbons (Fsp3) is 0.417. The van der Waals surface area contributed by atoms with Gasteiger partial charge in [-0.1, -0.05) is 18.2 Å². The van der Waals surface area contributed by atoms with Gasteiger partial charge in [0.1, 0.15) is 6.61 Å². The smallest absolute Gasteiger partial charge is 0.415 e. The zero-order valence-electron chi connectivity index (χ0n) is 8.94. The van der Waals surface area contributed by atoms with Crippen LogP contribution in [0.1, 0.15) is 12.5 Å². The van der Waals surface area contributed by atoms with Crippen LogP contribution in [-0.2, 0) is 11.2 Å². The van der Waals surface area contributed by atoms with Gasteiger partial charge in [-0.2, -0.15) is 0 Å². The number of nitrogens with zero attached hydrogens (tertiary/aromatic N) is 1. The number of hydrogen-bond donors (Lipinski definition) is 0. The number of alkyl halides is 1. The van der Waals surface area contributed by atoms with Crippen molar-refractivity contribution in [1.82, 2.24) is 0 Å². The summed E-state index contributed by atoms with van der Waals surface area (Å²) in [5.74, 6) is 0. The average molecular weight is 238 g/mol. The predicted octanol–water partition coefficient (Wildman–Crippen LogP) is 2.57. The molecule has 2 aliphatic heterocycles. The van der Waals surface area contributed by atoms with Crippen LogP contribution in [0, 0.1) is 0 Å². The van der Waals surface area contributed by atoms with Gasteiger partial charge >= 0.3 is 6.09 Å². The summed E-state index contributed by atoms with van der Waals surface area (Å²) in [4.78, 5) is 13.5. The predicted molar refractivity (Wildman–Crippen MR) is 62.0 cm³/mol. The molecule has 1 amide bonds. The molecule has 1 saturated heterocycles. The molecule has 0 aliphatic carbocycles. The van der Waals surface area contributed by atoms with Gasteiger partial charge < -0.3 is 4.74 Å². The van der Waals surface area contributed by atoms with E-state index in [0.29, 0.717) is 6.61 Å². The van der Waals surface area contributed by atoms with Crippen molar-refractivity contribution >= 4 is 23.4 Å². The maximum atomic E-state index is 11.8. The van der Waals surface area contributed by atoms with Gasteiger partial charge in [-0.05, 0) is 25.0 Å². The molecule has 3 nitrogen and oxygen atoms in total. The van der Waals surface area contributed by atoms with Crippen molar-refractivity contribution in [3.63, 3.8) is 0 Å². The second-order valence-electron chi connectivity index (χ2n) is 4.55. The molecular weight excluding hydrogens is 226 g/mol. The number of para-hydroxylation sites is 1. The average Bonchev–Trinajstić information content (AvgIpc) is 2.58. The van der Waals surface area contributed by atoms with E-state index >= 15 is 0 Å². The monoisotopic (exact) mass is 237 g/mol. The summed E-state index contributed by atoms with van der Waals surface area (Å²) in [5.41, 5.74) is 1.63. The van der Waals surface area contributed by atoms with Gasteiger partial charge in [-0.25, -0.2) is 4.79 Å². The third-order valence-electron chi connectivity index (χ3n) is 3.49. The van der Waals surface area contributed by atoms with Crippen molar-refractivity contribution in [2.45, 2.75) is 24.3 Å². The maximum absolute atomic E-state index is 11.8. The van der Waals surface area contributed by atoms with Crippen LogP contribution in [0.5, 0.6) is 0 Å². The number of benzene rings is 1. The Labute approximate surface area is 98.9 Å². The molecule has 0 aromatic heterocycles. The van der Waals surface area contributed by atoms with Crippen LogP contribution in [0.2, 0.25) is 0 Å². The summed E-state index contributed by atoms with van der Waals surface area (Å²) >= 11 is 6.38. The van der Waals surface area contributed by atoms with Crippen LogP contribution in [-0.4, -0.2) is 23.6 Å². The molecule has 2 aliphatic rings. The van der Waals surface area contributed by atoms with Crippen LogP contribution in [0.25, 0.3) is 0 Å². The van der Waals surface area contributed by atoms with Crippen molar-refractivity contribution < 1.29 is 9.53 Å². The fourth-order valence-corrected chi connectivity index (χ4v) is 2.79. The van der Waals surface area contributed by atoms with Crippen LogP contribution >= 0.6 is 11.6 Å². The molecule has 0 N–H and O–H groups in total. The van der Waals surface area contributed by atoms with E-state index in [2.05, 4.69) is 0 Å². The minimum atomic E-state index is -0.410. The number of carbonyl (C=O) groups is 1. The van der Waals surface area contributed by atoms with Gasteiger partial charge in [0, 0.05) is 0 Å². The fourth-order valence-electron chi connectivity index (χ4n) is 2.46. The minimum Gasteiger partial charge on any atom is -0.447 e. The quantitative estimate of drug-likeness (QED) is 0.649. The van der Waals surface area contributed by atoms with E-state index in [0.717, 1.165) is 17.7 Å². The lowest BCUT2D eigenvalue weighted by molar-refractivity contribution is 0.173. The molecule has 1 fully saturated rings. The van der Waals surface area contributed by atoms with Gasteiger partial charge in [0.2, 0.25) is 0 Å². The topological polar surface area (TPSA) is 29.5 Å². The second kappa shape index (κ2) is 3.14. The first-order valence-electron chi connectivity index (χ1n) is 5.32. The first kappa shape index (κ1) is 9.97. The third kappa shape index (κ3) is 1.12. The summed E-state index contributed by atoms with van der Waals surface area (Å²) in [6.45, 7) is 2.35. The van der Waals surface area contributed by atoms with E-state index in [-0.39, 0.29) is 11.5 Å². The Kier molecular flexibility index (Phi) is 1.96. The Morgan fingerprint density at radius 1 is 1.50 bits per heavy atom. The number of hydrogen-bond acceptors (Lipinski definition) is 2. The molecule has 2 heterocycles. The molecule has 4 heteroatoms. The third-order valence-corrected chi connectivity index (χ3v) is 4.11. The minimum absolute atomic E-state index is 0.103. The first-order chi connectivity index (χ1) is 7.63. The zero-order chi connectivity index (χ0) is 11.3. The number of fused-ring (bicyclic) bond motifs is 3. The van der Waals surface area contributed by atoms with Crippen LogP contribution in [0.3, 0.4) is 0 Å². The number of amides is 1. The number of cyclic esters (lactones) is 1.